The number of aliphatic carboxylic acids is 1. The van der Waals surface area contributed by atoms with Crippen LogP contribution in [0.15, 0.2) is 36.4 Å². The van der Waals surface area contributed by atoms with Crippen molar-refractivity contribution in [2.24, 2.45) is 11.8 Å². The molecule has 0 aromatic heterocycles. The fraction of sp³-hybridized carbons (Fsp3) is 0.444. The SMILES string of the molecule is CN(C)c1ccc(CN2C[C@]34C=C[C@@H](O3)[C@H](C(=O)[O-])[C@@H]4C2=O)cc1. The van der Waals surface area contributed by atoms with Crippen molar-refractivity contribution in [3.8, 4) is 0 Å². The van der Waals surface area contributed by atoms with E-state index in [1.807, 2.05) is 49.3 Å². The van der Waals surface area contributed by atoms with E-state index < -0.39 is 29.5 Å². The van der Waals surface area contributed by atoms with Crippen LogP contribution < -0.4 is 10.0 Å². The molecule has 3 aliphatic rings. The molecule has 1 amide bonds. The molecule has 4 atom stereocenters. The van der Waals surface area contributed by atoms with Gasteiger partial charge in [0.1, 0.15) is 5.60 Å². The molecular weight excluding hydrogens is 308 g/mol. The topological polar surface area (TPSA) is 72.9 Å². The lowest BCUT2D eigenvalue weighted by molar-refractivity contribution is -0.313. The highest BCUT2D eigenvalue weighted by atomic mass is 16.5. The summed E-state index contributed by atoms with van der Waals surface area (Å²) in [5.41, 5.74) is 1.30. The van der Waals surface area contributed by atoms with Crippen molar-refractivity contribution >= 4 is 17.6 Å². The van der Waals surface area contributed by atoms with E-state index >= 15 is 0 Å². The summed E-state index contributed by atoms with van der Waals surface area (Å²) in [6.07, 6.45) is 3.07. The first-order valence-corrected chi connectivity index (χ1v) is 8.04. The average molecular weight is 327 g/mol. The Hall–Kier alpha value is -2.34. The Morgan fingerprint density at radius 2 is 2.08 bits per heavy atom. The van der Waals surface area contributed by atoms with Crippen LogP contribution in [0.1, 0.15) is 5.56 Å². The van der Waals surface area contributed by atoms with Crippen LogP contribution in [-0.2, 0) is 20.9 Å². The van der Waals surface area contributed by atoms with Crippen molar-refractivity contribution in [1.82, 2.24) is 4.90 Å². The Morgan fingerprint density at radius 3 is 2.71 bits per heavy atom. The number of benzene rings is 1. The van der Waals surface area contributed by atoms with Gasteiger partial charge in [0.15, 0.2) is 0 Å². The van der Waals surface area contributed by atoms with Gasteiger partial charge in [-0.15, -0.1) is 0 Å². The van der Waals surface area contributed by atoms with Gasteiger partial charge in [0.2, 0.25) is 5.91 Å². The lowest BCUT2D eigenvalue weighted by Crippen LogP contribution is -2.45. The maximum atomic E-state index is 12.8. The number of amides is 1. The summed E-state index contributed by atoms with van der Waals surface area (Å²) in [5.74, 6) is -2.92. The van der Waals surface area contributed by atoms with Crippen LogP contribution in [0.2, 0.25) is 0 Å². The molecule has 2 fully saturated rings. The zero-order valence-corrected chi connectivity index (χ0v) is 13.6. The summed E-state index contributed by atoms with van der Waals surface area (Å²) >= 11 is 0. The largest absolute Gasteiger partial charge is 0.550 e. The third-order valence-electron chi connectivity index (χ3n) is 5.28. The predicted octanol–water partition coefficient (Wildman–Crippen LogP) is -0.215. The van der Waals surface area contributed by atoms with Gasteiger partial charge in [-0.3, -0.25) is 4.79 Å². The van der Waals surface area contributed by atoms with Crippen molar-refractivity contribution < 1.29 is 19.4 Å². The van der Waals surface area contributed by atoms with Gasteiger partial charge < -0.3 is 24.4 Å². The second-order valence-electron chi connectivity index (χ2n) is 6.97. The normalized spacial score (nSPS) is 33.2. The molecule has 3 aliphatic heterocycles. The van der Waals surface area contributed by atoms with Crippen molar-refractivity contribution in [3.05, 3.63) is 42.0 Å². The number of nitrogens with zero attached hydrogens (tertiary/aromatic N) is 2. The van der Waals surface area contributed by atoms with Crippen molar-refractivity contribution in [2.75, 3.05) is 25.5 Å². The molecule has 4 rings (SSSR count). The maximum Gasteiger partial charge on any atom is 0.230 e. The molecule has 6 heteroatoms. The fourth-order valence-electron chi connectivity index (χ4n) is 4.10. The van der Waals surface area contributed by atoms with Crippen LogP contribution >= 0.6 is 0 Å². The van der Waals surface area contributed by atoms with Crippen LogP contribution in [0.25, 0.3) is 0 Å². The minimum Gasteiger partial charge on any atom is -0.550 e. The van der Waals surface area contributed by atoms with Crippen molar-refractivity contribution in [1.29, 1.82) is 0 Å². The number of likely N-dealkylation sites (tertiary alicyclic amines) is 1. The second-order valence-corrected chi connectivity index (χ2v) is 6.97. The summed E-state index contributed by atoms with van der Waals surface area (Å²) < 4.78 is 5.85. The highest BCUT2D eigenvalue weighted by Crippen LogP contribution is 2.51. The number of fused-ring (bicyclic) bond motifs is 1. The third-order valence-corrected chi connectivity index (χ3v) is 5.28. The van der Waals surface area contributed by atoms with Crippen LogP contribution in [0, 0.1) is 11.8 Å². The quantitative estimate of drug-likeness (QED) is 0.715. The summed E-state index contributed by atoms with van der Waals surface area (Å²) in [6.45, 7) is 0.842. The summed E-state index contributed by atoms with van der Waals surface area (Å²) in [6, 6.07) is 7.97. The van der Waals surface area contributed by atoms with Crippen molar-refractivity contribution in [2.45, 2.75) is 18.2 Å². The van der Waals surface area contributed by atoms with Gasteiger partial charge in [0, 0.05) is 38.2 Å². The molecule has 0 saturated carbocycles. The Balaban J connectivity index is 1.55. The van der Waals surface area contributed by atoms with Gasteiger partial charge in [-0.25, -0.2) is 0 Å². The summed E-state index contributed by atoms with van der Waals surface area (Å²) in [4.78, 5) is 27.9. The molecule has 0 radical (unpaired) electrons. The highest BCUT2D eigenvalue weighted by Gasteiger charge is 2.65. The smallest absolute Gasteiger partial charge is 0.230 e. The lowest BCUT2D eigenvalue weighted by atomic mass is 9.77. The van der Waals surface area contributed by atoms with Gasteiger partial charge >= 0.3 is 0 Å². The number of carbonyl (C=O) groups is 2. The molecule has 1 aromatic rings. The zero-order valence-electron chi connectivity index (χ0n) is 13.6. The van der Waals surface area contributed by atoms with Crippen molar-refractivity contribution in [3.63, 3.8) is 0 Å². The number of carboxylic acids is 1. The summed E-state index contributed by atoms with van der Waals surface area (Å²) in [5, 5.41) is 11.4. The third kappa shape index (κ3) is 2.06. The Labute approximate surface area is 140 Å². The lowest BCUT2D eigenvalue weighted by Gasteiger charge is -2.24. The number of carbonyl (C=O) groups excluding carboxylic acids is 2. The van der Waals surface area contributed by atoms with Gasteiger partial charge in [0.25, 0.3) is 0 Å². The van der Waals surface area contributed by atoms with E-state index in [2.05, 4.69) is 0 Å². The van der Waals surface area contributed by atoms with E-state index in [1.165, 1.54) is 0 Å². The second kappa shape index (κ2) is 5.08. The molecular formula is C18H19N2O4-. The molecule has 2 saturated heterocycles. The fourth-order valence-corrected chi connectivity index (χ4v) is 4.10. The predicted molar refractivity (Wildman–Crippen MR) is 84.9 cm³/mol. The van der Waals surface area contributed by atoms with E-state index in [9.17, 15) is 14.7 Å². The minimum absolute atomic E-state index is 0.160. The van der Waals surface area contributed by atoms with Gasteiger partial charge in [-0.2, -0.15) is 0 Å². The maximum absolute atomic E-state index is 12.8. The van der Waals surface area contributed by atoms with Crippen LogP contribution in [0.3, 0.4) is 0 Å². The zero-order chi connectivity index (χ0) is 17.1. The van der Waals surface area contributed by atoms with E-state index in [1.54, 1.807) is 11.0 Å². The van der Waals surface area contributed by atoms with E-state index in [-0.39, 0.29) is 5.91 Å². The van der Waals surface area contributed by atoms with Gasteiger partial charge in [0.05, 0.1) is 18.6 Å². The molecule has 0 aliphatic carbocycles. The van der Waals surface area contributed by atoms with E-state index in [4.69, 9.17) is 4.74 Å². The molecule has 6 nitrogen and oxygen atoms in total. The molecule has 1 spiro atoms. The molecule has 2 bridgehead atoms. The van der Waals surface area contributed by atoms with Crippen LogP contribution in [-0.4, -0.2) is 49.1 Å². The molecule has 0 N–H and O–H groups in total. The standard InChI is InChI=1S/C18H20N2O4/c1-19(2)12-5-3-11(4-6-12)9-20-10-18-8-7-13(24-18)14(17(22)23)15(18)16(20)21/h3-8,13-15H,9-10H2,1-2H3,(H,22,23)/p-1/t13-,14+,15-,18+/m1/s1. The monoisotopic (exact) mass is 327 g/mol. The summed E-state index contributed by atoms with van der Waals surface area (Å²) in [7, 11) is 3.94. The van der Waals surface area contributed by atoms with E-state index in [0.717, 1.165) is 11.3 Å². The number of anilines is 1. The molecule has 24 heavy (non-hydrogen) atoms. The van der Waals surface area contributed by atoms with Gasteiger partial charge in [-0.1, -0.05) is 24.3 Å². The van der Waals surface area contributed by atoms with Gasteiger partial charge in [-0.05, 0) is 17.7 Å². The Kier molecular flexibility index (Phi) is 3.22. The molecule has 3 heterocycles. The minimum atomic E-state index is -1.21. The first-order valence-electron chi connectivity index (χ1n) is 8.04. The first kappa shape index (κ1) is 15.2. The molecule has 0 unspecified atom stereocenters. The highest BCUT2D eigenvalue weighted by molar-refractivity contribution is 5.90. The number of hydrogen-bond donors (Lipinski definition) is 0. The number of carboxylic acid groups (broad SMARTS) is 1. The van der Waals surface area contributed by atoms with E-state index in [0.29, 0.717) is 13.1 Å². The van der Waals surface area contributed by atoms with Crippen LogP contribution in [0.4, 0.5) is 5.69 Å². The average Bonchev–Trinajstić information content (AvgIpc) is 3.16. The molecule has 126 valence electrons. The first-order chi connectivity index (χ1) is 11.4. The number of rotatable bonds is 4. The number of ether oxygens (including phenoxy) is 1. The Morgan fingerprint density at radius 1 is 1.38 bits per heavy atom. The Bertz CT molecular complexity index is 727. The number of hydrogen-bond acceptors (Lipinski definition) is 5. The van der Waals surface area contributed by atoms with Crippen LogP contribution in [0.5, 0.6) is 0 Å². The molecule has 1 aromatic carbocycles.